The maximum absolute atomic E-state index is 13.2. The van der Waals surface area contributed by atoms with Gasteiger partial charge < -0.3 is 14.8 Å². The first-order chi connectivity index (χ1) is 17.6. The predicted molar refractivity (Wildman–Crippen MR) is 138 cm³/mol. The first kappa shape index (κ1) is 24.5. The topological polar surface area (TPSA) is 96.9 Å². The second-order valence-electron chi connectivity index (χ2n) is 8.03. The van der Waals surface area contributed by atoms with Crippen molar-refractivity contribution in [3.05, 3.63) is 113 Å². The van der Waals surface area contributed by atoms with Gasteiger partial charge in [0.15, 0.2) is 0 Å². The molecule has 0 fully saturated rings. The van der Waals surface area contributed by atoms with Gasteiger partial charge in [-0.25, -0.2) is 5.48 Å². The van der Waals surface area contributed by atoms with Crippen molar-refractivity contribution in [2.24, 2.45) is 0 Å². The van der Waals surface area contributed by atoms with Gasteiger partial charge in [0.05, 0.1) is 12.7 Å². The molecule has 0 heterocycles. The Morgan fingerprint density at radius 2 is 1.61 bits per heavy atom. The van der Waals surface area contributed by atoms with Gasteiger partial charge in [-0.3, -0.25) is 14.8 Å². The van der Waals surface area contributed by atoms with Gasteiger partial charge in [0.1, 0.15) is 18.1 Å². The number of methoxy groups -OCH3 is 1. The number of rotatable bonds is 9. The first-order valence-electron chi connectivity index (χ1n) is 11.3. The third-order valence-corrected chi connectivity index (χ3v) is 5.65. The van der Waals surface area contributed by atoms with Gasteiger partial charge in [-0.2, -0.15) is 0 Å². The van der Waals surface area contributed by atoms with E-state index in [1.807, 2.05) is 66.7 Å². The van der Waals surface area contributed by atoms with Gasteiger partial charge in [0.2, 0.25) is 0 Å². The third kappa shape index (κ3) is 6.08. The SMILES string of the molecule is COc1ccc(CNC(=O)C(=Cc2ccc(C(=O)NO)cc2)COc2cccc3ccccc23)cc1. The highest BCUT2D eigenvalue weighted by Gasteiger charge is 2.13. The second-order valence-corrected chi connectivity index (χ2v) is 8.03. The summed E-state index contributed by atoms with van der Waals surface area (Å²) < 4.78 is 11.3. The van der Waals surface area contributed by atoms with Crippen LogP contribution in [0.4, 0.5) is 0 Å². The van der Waals surface area contributed by atoms with E-state index in [1.54, 1.807) is 42.9 Å². The summed E-state index contributed by atoms with van der Waals surface area (Å²) in [4.78, 5) is 24.8. The fraction of sp³-hybridized carbons (Fsp3) is 0.103. The largest absolute Gasteiger partial charge is 0.497 e. The molecule has 36 heavy (non-hydrogen) atoms. The van der Waals surface area contributed by atoms with Crippen LogP contribution in [0.25, 0.3) is 16.8 Å². The van der Waals surface area contributed by atoms with Crippen molar-refractivity contribution in [2.75, 3.05) is 13.7 Å². The molecule has 0 radical (unpaired) electrons. The molecular formula is C29H26N2O5. The minimum absolute atomic E-state index is 0.0430. The zero-order valence-corrected chi connectivity index (χ0v) is 19.7. The maximum Gasteiger partial charge on any atom is 0.274 e. The molecule has 182 valence electrons. The molecule has 2 amide bonds. The number of hydroxylamine groups is 1. The summed E-state index contributed by atoms with van der Waals surface area (Å²) in [7, 11) is 1.60. The van der Waals surface area contributed by atoms with Gasteiger partial charge in [-0.05, 0) is 52.9 Å². The molecule has 0 saturated carbocycles. The van der Waals surface area contributed by atoms with Crippen molar-refractivity contribution in [3.8, 4) is 11.5 Å². The smallest absolute Gasteiger partial charge is 0.274 e. The number of nitrogens with one attached hydrogen (secondary N) is 2. The van der Waals surface area contributed by atoms with Crippen LogP contribution in [-0.2, 0) is 11.3 Å². The van der Waals surface area contributed by atoms with Crippen LogP contribution in [0, 0.1) is 0 Å². The van der Waals surface area contributed by atoms with Gasteiger partial charge >= 0.3 is 0 Å². The number of carbonyl (C=O) groups is 2. The Labute approximate surface area is 208 Å². The highest BCUT2D eigenvalue weighted by Crippen LogP contribution is 2.26. The molecule has 3 N–H and O–H groups in total. The maximum atomic E-state index is 13.2. The summed E-state index contributed by atoms with van der Waals surface area (Å²) in [6.45, 7) is 0.380. The predicted octanol–water partition coefficient (Wildman–Crippen LogP) is 4.75. The Kier molecular flexibility index (Phi) is 7.95. The quantitative estimate of drug-likeness (QED) is 0.182. The van der Waals surface area contributed by atoms with Crippen LogP contribution in [0.15, 0.2) is 96.6 Å². The van der Waals surface area contributed by atoms with E-state index in [0.29, 0.717) is 29.0 Å². The minimum atomic E-state index is -0.609. The zero-order chi connectivity index (χ0) is 25.3. The number of benzene rings is 4. The molecule has 0 unspecified atom stereocenters. The van der Waals surface area contributed by atoms with Crippen LogP contribution in [0.1, 0.15) is 21.5 Å². The Morgan fingerprint density at radius 1 is 0.889 bits per heavy atom. The summed E-state index contributed by atoms with van der Waals surface area (Å²) >= 11 is 0. The standard InChI is InChI=1S/C29H26N2O5/c1-35-25-15-11-21(12-16-25)18-30-28(32)24(17-20-9-13-23(14-10-20)29(33)31-34)19-36-27-8-4-6-22-5-2-3-7-26(22)27/h2-17,34H,18-19H2,1H3,(H,30,32)(H,31,33). The van der Waals surface area contributed by atoms with E-state index >= 15 is 0 Å². The summed E-state index contributed by atoms with van der Waals surface area (Å²) in [6.07, 6.45) is 1.72. The van der Waals surface area contributed by atoms with Crippen molar-refractivity contribution < 1.29 is 24.3 Å². The van der Waals surface area contributed by atoms with Crippen LogP contribution in [0.2, 0.25) is 0 Å². The Hall–Kier alpha value is -4.62. The minimum Gasteiger partial charge on any atom is -0.497 e. The number of carbonyl (C=O) groups excluding carboxylic acids is 2. The molecule has 0 bridgehead atoms. The summed E-state index contributed by atoms with van der Waals surface area (Å²) in [5.74, 6) is 0.537. The van der Waals surface area contributed by atoms with Crippen LogP contribution in [0.5, 0.6) is 11.5 Å². The zero-order valence-electron chi connectivity index (χ0n) is 19.7. The van der Waals surface area contributed by atoms with Gasteiger partial charge in [0, 0.05) is 17.5 Å². The number of amides is 2. The molecule has 4 aromatic rings. The number of hydrogen-bond acceptors (Lipinski definition) is 5. The molecule has 0 aliphatic heterocycles. The summed E-state index contributed by atoms with van der Waals surface area (Å²) in [5, 5.41) is 13.8. The molecule has 0 aromatic heterocycles. The van der Waals surface area contributed by atoms with Gasteiger partial charge in [-0.15, -0.1) is 0 Å². The number of hydrogen-bond donors (Lipinski definition) is 3. The summed E-state index contributed by atoms with van der Waals surface area (Å²) in [5.41, 5.74) is 3.95. The Balaban J connectivity index is 1.55. The molecule has 0 spiro atoms. The average molecular weight is 483 g/mol. The number of ether oxygens (including phenoxy) is 2. The van der Waals surface area contributed by atoms with E-state index < -0.39 is 5.91 Å². The van der Waals surface area contributed by atoms with Crippen molar-refractivity contribution in [1.29, 1.82) is 0 Å². The van der Waals surface area contributed by atoms with E-state index in [4.69, 9.17) is 14.7 Å². The third-order valence-electron chi connectivity index (χ3n) is 5.65. The fourth-order valence-corrected chi connectivity index (χ4v) is 3.69. The molecular weight excluding hydrogens is 456 g/mol. The lowest BCUT2D eigenvalue weighted by Gasteiger charge is -2.13. The lowest BCUT2D eigenvalue weighted by atomic mass is 10.1. The highest BCUT2D eigenvalue weighted by atomic mass is 16.5. The van der Waals surface area contributed by atoms with E-state index in [2.05, 4.69) is 5.32 Å². The molecule has 4 aromatic carbocycles. The summed E-state index contributed by atoms with van der Waals surface area (Å²) in [6, 6.07) is 27.6. The van der Waals surface area contributed by atoms with Gasteiger partial charge in [0.25, 0.3) is 11.8 Å². The highest BCUT2D eigenvalue weighted by molar-refractivity contribution is 5.98. The van der Waals surface area contributed by atoms with E-state index in [9.17, 15) is 9.59 Å². The second kappa shape index (κ2) is 11.7. The molecule has 0 atom stereocenters. The fourth-order valence-electron chi connectivity index (χ4n) is 3.69. The molecule has 0 aliphatic rings. The van der Waals surface area contributed by atoms with E-state index in [1.165, 1.54) is 0 Å². The van der Waals surface area contributed by atoms with Crippen LogP contribution in [0.3, 0.4) is 0 Å². The molecule has 7 heteroatoms. The Morgan fingerprint density at radius 3 is 2.33 bits per heavy atom. The van der Waals surface area contributed by atoms with Crippen molar-refractivity contribution in [1.82, 2.24) is 10.8 Å². The van der Waals surface area contributed by atoms with Crippen LogP contribution in [-0.4, -0.2) is 30.7 Å². The normalized spacial score (nSPS) is 11.1. The van der Waals surface area contributed by atoms with Crippen molar-refractivity contribution in [3.63, 3.8) is 0 Å². The Bertz CT molecular complexity index is 1370. The lowest BCUT2D eigenvalue weighted by Crippen LogP contribution is -2.27. The van der Waals surface area contributed by atoms with E-state index in [-0.39, 0.29) is 12.5 Å². The van der Waals surface area contributed by atoms with Crippen molar-refractivity contribution >= 4 is 28.7 Å². The van der Waals surface area contributed by atoms with Crippen LogP contribution >= 0.6 is 0 Å². The molecule has 0 saturated heterocycles. The molecule has 4 rings (SSSR count). The molecule has 0 aliphatic carbocycles. The first-order valence-corrected chi connectivity index (χ1v) is 11.3. The van der Waals surface area contributed by atoms with Crippen LogP contribution < -0.4 is 20.3 Å². The van der Waals surface area contributed by atoms with Crippen molar-refractivity contribution in [2.45, 2.75) is 6.54 Å². The average Bonchev–Trinajstić information content (AvgIpc) is 2.94. The molecule has 7 nitrogen and oxygen atoms in total. The lowest BCUT2D eigenvalue weighted by molar-refractivity contribution is -0.117. The van der Waals surface area contributed by atoms with E-state index in [0.717, 1.165) is 22.1 Å². The monoisotopic (exact) mass is 482 g/mol. The van der Waals surface area contributed by atoms with Gasteiger partial charge in [-0.1, -0.05) is 60.7 Å². The number of fused-ring (bicyclic) bond motifs is 1.